The van der Waals surface area contributed by atoms with Crippen LogP contribution >= 0.6 is 0 Å². The molecule has 0 bridgehead atoms. The van der Waals surface area contributed by atoms with Gasteiger partial charge in [-0.05, 0) is 54.2 Å². The molecule has 1 fully saturated rings. The number of rotatable bonds is 5. The summed E-state index contributed by atoms with van der Waals surface area (Å²) < 4.78 is 33.4. The Morgan fingerprint density at radius 3 is 2.28 bits per heavy atom. The predicted molar refractivity (Wildman–Crippen MR) is 125 cm³/mol. The van der Waals surface area contributed by atoms with E-state index < -0.39 is 15.9 Å². The molecule has 0 saturated carbocycles. The van der Waals surface area contributed by atoms with Crippen LogP contribution in [0.1, 0.15) is 62.4 Å². The van der Waals surface area contributed by atoms with E-state index in [1.165, 1.54) is 29.6 Å². The molecule has 0 unspecified atom stereocenters. The van der Waals surface area contributed by atoms with E-state index in [1.807, 2.05) is 26.8 Å². The van der Waals surface area contributed by atoms with Crippen LogP contribution in [0.25, 0.3) is 0 Å². The molecule has 7 nitrogen and oxygen atoms in total. The average Bonchev–Trinajstić information content (AvgIpc) is 3.04. The zero-order chi connectivity index (χ0) is 23.5. The number of benzene rings is 2. The molecule has 2 aromatic rings. The zero-order valence-electron chi connectivity index (χ0n) is 19.1. The minimum atomic E-state index is -3.81. The maximum absolute atomic E-state index is 13.3. The highest BCUT2D eigenvalue weighted by atomic mass is 32.2. The number of methoxy groups -OCH3 is 1. The van der Waals surface area contributed by atoms with Gasteiger partial charge in [-0.15, -0.1) is 0 Å². The van der Waals surface area contributed by atoms with Gasteiger partial charge in [0.05, 0.1) is 12.8 Å². The van der Waals surface area contributed by atoms with Crippen molar-refractivity contribution in [2.45, 2.75) is 56.8 Å². The number of phenols is 1. The van der Waals surface area contributed by atoms with E-state index in [2.05, 4.69) is 5.32 Å². The van der Waals surface area contributed by atoms with Gasteiger partial charge in [-0.2, -0.15) is 4.31 Å². The van der Waals surface area contributed by atoms with E-state index in [1.54, 1.807) is 12.1 Å². The molecule has 2 aromatic carbocycles. The van der Waals surface area contributed by atoms with Crippen molar-refractivity contribution in [1.29, 1.82) is 0 Å². The standard InChI is InChI=1S/C24H32N2O5S/c1-24(2,3)18-10-11-20(27)19(16-18)25-23(28)17-9-12-21(31-4)22(15-17)32(29,30)26-13-7-5-6-8-14-26/h9-12,15-16,27H,5-8,13-14H2,1-4H3,(H,25,28). The fourth-order valence-corrected chi connectivity index (χ4v) is 5.44. The van der Waals surface area contributed by atoms with Crippen LogP contribution in [0.5, 0.6) is 11.5 Å². The maximum Gasteiger partial charge on any atom is 0.255 e. The van der Waals surface area contributed by atoms with Crippen LogP contribution in [0.15, 0.2) is 41.3 Å². The minimum absolute atomic E-state index is 0.0257. The number of sulfonamides is 1. The number of hydrogen-bond acceptors (Lipinski definition) is 5. The Balaban J connectivity index is 1.94. The van der Waals surface area contributed by atoms with Crippen LogP contribution in [0.4, 0.5) is 5.69 Å². The Labute approximate surface area is 190 Å². The van der Waals surface area contributed by atoms with E-state index in [0.29, 0.717) is 13.1 Å². The van der Waals surface area contributed by atoms with Gasteiger partial charge in [0, 0.05) is 18.7 Å². The van der Waals surface area contributed by atoms with Gasteiger partial charge in [0.25, 0.3) is 5.91 Å². The Morgan fingerprint density at radius 2 is 1.69 bits per heavy atom. The summed E-state index contributed by atoms with van der Waals surface area (Å²) in [4.78, 5) is 12.9. The van der Waals surface area contributed by atoms with Gasteiger partial charge in [-0.1, -0.05) is 39.7 Å². The first-order valence-electron chi connectivity index (χ1n) is 10.9. The highest BCUT2D eigenvalue weighted by Gasteiger charge is 2.29. The van der Waals surface area contributed by atoms with Gasteiger partial charge in [0.1, 0.15) is 16.4 Å². The van der Waals surface area contributed by atoms with Crippen molar-refractivity contribution < 1.29 is 23.1 Å². The second-order valence-corrected chi connectivity index (χ2v) is 11.0. The summed E-state index contributed by atoms with van der Waals surface area (Å²) in [5, 5.41) is 12.9. The van der Waals surface area contributed by atoms with Crippen molar-refractivity contribution in [3.8, 4) is 11.5 Å². The molecule has 1 amide bonds. The molecule has 0 aliphatic carbocycles. The minimum Gasteiger partial charge on any atom is -0.506 e. The molecular formula is C24H32N2O5S. The number of ether oxygens (including phenoxy) is 1. The Bertz CT molecular complexity index is 1080. The van der Waals surface area contributed by atoms with Gasteiger partial charge in [0.15, 0.2) is 0 Å². The number of carbonyl (C=O) groups is 1. The third-order valence-electron chi connectivity index (χ3n) is 5.72. The number of nitrogens with one attached hydrogen (secondary N) is 1. The number of aromatic hydroxyl groups is 1. The number of anilines is 1. The summed E-state index contributed by atoms with van der Waals surface area (Å²) in [7, 11) is -2.40. The SMILES string of the molecule is COc1ccc(C(=O)Nc2cc(C(C)(C)C)ccc2O)cc1S(=O)(=O)N1CCCCCC1. The van der Waals surface area contributed by atoms with Crippen LogP contribution in [0, 0.1) is 0 Å². The Kier molecular flexibility index (Phi) is 7.15. The quantitative estimate of drug-likeness (QED) is 0.640. The second kappa shape index (κ2) is 9.50. The molecule has 0 radical (unpaired) electrons. The van der Waals surface area contributed by atoms with E-state index in [9.17, 15) is 18.3 Å². The molecule has 0 atom stereocenters. The first-order valence-corrected chi connectivity index (χ1v) is 12.3. The molecule has 1 saturated heterocycles. The van der Waals surface area contributed by atoms with Crippen molar-refractivity contribution in [3.05, 3.63) is 47.5 Å². The molecule has 1 heterocycles. The summed E-state index contributed by atoms with van der Waals surface area (Å²) in [5.41, 5.74) is 1.22. The van der Waals surface area contributed by atoms with Gasteiger partial charge < -0.3 is 15.2 Å². The number of amides is 1. The monoisotopic (exact) mass is 460 g/mol. The third kappa shape index (κ3) is 5.24. The van der Waals surface area contributed by atoms with Crippen molar-refractivity contribution >= 4 is 21.6 Å². The Morgan fingerprint density at radius 1 is 1.03 bits per heavy atom. The van der Waals surface area contributed by atoms with Gasteiger partial charge in [-0.3, -0.25) is 4.79 Å². The molecule has 3 rings (SSSR count). The summed E-state index contributed by atoms with van der Waals surface area (Å²) >= 11 is 0. The largest absolute Gasteiger partial charge is 0.506 e. The van der Waals surface area contributed by atoms with Crippen LogP contribution in [-0.4, -0.2) is 43.9 Å². The van der Waals surface area contributed by atoms with Gasteiger partial charge in [0.2, 0.25) is 10.0 Å². The molecule has 174 valence electrons. The van der Waals surface area contributed by atoms with Crippen molar-refractivity contribution in [3.63, 3.8) is 0 Å². The lowest BCUT2D eigenvalue weighted by atomic mass is 9.87. The molecule has 32 heavy (non-hydrogen) atoms. The first-order chi connectivity index (χ1) is 15.0. The highest BCUT2D eigenvalue weighted by Crippen LogP contribution is 2.32. The molecular weight excluding hydrogens is 428 g/mol. The zero-order valence-corrected chi connectivity index (χ0v) is 20.0. The lowest BCUT2D eigenvalue weighted by Gasteiger charge is -2.22. The van der Waals surface area contributed by atoms with Crippen LogP contribution in [0.2, 0.25) is 0 Å². The molecule has 0 aromatic heterocycles. The second-order valence-electron chi connectivity index (χ2n) is 9.12. The number of hydrogen-bond donors (Lipinski definition) is 2. The summed E-state index contributed by atoms with van der Waals surface area (Å²) in [6.45, 7) is 7.02. The van der Waals surface area contributed by atoms with E-state index >= 15 is 0 Å². The van der Waals surface area contributed by atoms with E-state index in [4.69, 9.17) is 4.74 Å². The number of nitrogens with zero attached hydrogens (tertiary/aromatic N) is 1. The van der Waals surface area contributed by atoms with Crippen LogP contribution in [0.3, 0.4) is 0 Å². The smallest absolute Gasteiger partial charge is 0.255 e. The van der Waals surface area contributed by atoms with Gasteiger partial charge in [-0.25, -0.2) is 8.42 Å². The van der Waals surface area contributed by atoms with Crippen molar-refractivity contribution in [2.75, 3.05) is 25.5 Å². The van der Waals surface area contributed by atoms with E-state index in [-0.39, 0.29) is 33.1 Å². The average molecular weight is 461 g/mol. The lowest BCUT2D eigenvalue weighted by Crippen LogP contribution is -2.32. The maximum atomic E-state index is 13.3. The number of phenolic OH excluding ortho intramolecular Hbond substituents is 1. The fourth-order valence-electron chi connectivity index (χ4n) is 3.74. The summed E-state index contributed by atoms with van der Waals surface area (Å²) in [6.07, 6.45) is 3.63. The number of carbonyl (C=O) groups excluding carboxylic acids is 1. The Hall–Kier alpha value is -2.58. The predicted octanol–water partition coefficient (Wildman–Crippen LogP) is 4.52. The van der Waals surface area contributed by atoms with E-state index in [0.717, 1.165) is 31.2 Å². The molecule has 1 aliphatic heterocycles. The normalized spacial score (nSPS) is 15.8. The first kappa shape index (κ1) is 24.1. The van der Waals surface area contributed by atoms with Crippen molar-refractivity contribution in [1.82, 2.24) is 4.31 Å². The molecule has 0 spiro atoms. The fraction of sp³-hybridized carbons (Fsp3) is 0.458. The van der Waals surface area contributed by atoms with Gasteiger partial charge >= 0.3 is 0 Å². The molecule has 2 N–H and O–H groups in total. The summed E-state index contributed by atoms with van der Waals surface area (Å²) in [5.74, 6) is -0.373. The molecule has 8 heteroatoms. The van der Waals surface area contributed by atoms with Crippen molar-refractivity contribution in [2.24, 2.45) is 0 Å². The lowest BCUT2D eigenvalue weighted by molar-refractivity contribution is 0.102. The van der Waals surface area contributed by atoms with Crippen LogP contribution < -0.4 is 10.1 Å². The highest BCUT2D eigenvalue weighted by molar-refractivity contribution is 7.89. The molecule has 1 aliphatic rings. The summed E-state index contributed by atoms with van der Waals surface area (Å²) in [6, 6.07) is 9.43. The third-order valence-corrected chi connectivity index (χ3v) is 7.64. The van der Waals surface area contributed by atoms with Crippen LogP contribution in [-0.2, 0) is 15.4 Å². The topological polar surface area (TPSA) is 95.9 Å².